The summed E-state index contributed by atoms with van der Waals surface area (Å²) in [5.74, 6) is 0. The number of unbranched alkanes of at least 4 members (excludes halogenated alkanes) is 1. The van der Waals surface area contributed by atoms with E-state index in [9.17, 15) is 4.21 Å². The normalized spacial score (nSPS) is 12.2. The monoisotopic (exact) mass is 320 g/mol. The number of thiol groups is 1. The summed E-state index contributed by atoms with van der Waals surface area (Å²) in [4.78, 5) is 5.49. The number of hydrogen-bond acceptors (Lipinski definition) is 3. The Morgan fingerprint density at radius 1 is 1.43 bits per heavy atom. The number of aromatic nitrogens is 1. The molecule has 2 rings (SSSR count). The van der Waals surface area contributed by atoms with E-state index in [1.807, 2.05) is 18.5 Å². The van der Waals surface area contributed by atoms with E-state index in [4.69, 9.17) is 0 Å². The summed E-state index contributed by atoms with van der Waals surface area (Å²) < 4.78 is 13.9. The van der Waals surface area contributed by atoms with Gasteiger partial charge in [-0.05, 0) is 37.3 Å². The third-order valence-corrected chi connectivity index (χ3v) is 4.83. The minimum atomic E-state index is -0.0259. The van der Waals surface area contributed by atoms with Gasteiger partial charge >= 0.3 is 0 Å². The van der Waals surface area contributed by atoms with E-state index < -0.39 is 0 Å². The quantitative estimate of drug-likeness (QED) is 0.439. The Hall–Kier alpha value is -1.30. The first-order valence-corrected chi connectivity index (χ1v) is 8.64. The largest absolute Gasteiger partial charge is 0.249 e. The molecule has 0 saturated carbocycles. The van der Waals surface area contributed by atoms with Crippen molar-refractivity contribution in [3.05, 3.63) is 53.7 Å². The van der Waals surface area contributed by atoms with Crippen molar-refractivity contribution in [2.75, 3.05) is 0 Å². The van der Waals surface area contributed by atoms with Gasteiger partial charge in [-0.1, -0.05) is 30.3 Å². The summed E-state index contributed by atoms with van der Waals surface area (Å²) >= 11 is 1.63. The SMILES string of the molecule is C=CCCC[C@H](N[SH]=O)c1ccc(-c2scnc2C)cc1. The average molecular weight is 320 g/mol. The molecule has 1 aromatic carbocycles. The van der Waals surface area contributed by atoms with Crippen molar-refractivity contribution in [1.29, 1.82) is 0 Å². The maximum absolute atomic E-state index is 10.9. The van der Waals surface area contributed by atoms with Crippen molar-refractivity contribution >= 4 is 23.2 Å². The second-order valence-corrected chi connectivity index (χ2v) is 6.18. The summed E-state index contributed by atoms with van der Waals surface area (Å²) in [5, 5.41) is 0. The Morgan fingerprint density at radius 2 is 2.19 bits per heavy atom. The lowest BCUT2D eigenvalue weighted by molar-refractivity contribution is 0.573. The van der Waals surface area contributed by atoms with Gasteiger partial charge in [0.15, 0.2) is 0 Å². The highest BCUT2D eigenvalue weighted by atomic mass is 32.2. The predicted molar refractivity (Wildman–Crippen MR) is 91.7 cm³/mol. The topological polar surface area (TPSA) is 42.0 Å². The molecule has 0 aliphatic rings. The van der Waals surface area contributed by atoms with E-state index in [2.05, 4.69) is 40.6 Å². The van der Waals surface area contributed by atoms with Crippen LogP contribution < -0.4 is 4.72 Å². The van der Waals surface area contributed by atoms with Crippen LogP contribution in [-0.4, -0.2) is 9.19 Å². The van der Waals surface area contributed by atoms with Gasteiger partial charge in [-0.2, -0.15) is 0 Å². The average Bonchev–Trinajstić information content (AvgIpc) is 2.93. The number of thiazole rings is 1. The van der Waals surface area contributed by atoms with Gasteiger partial charge < -0.3 is 0 Å². The fraction of sp³-hybridized carbons (Fsp3) is 0.312. The molecule has 0 radical (unpaired) electrons. The van der Waals surface area contributed by atoms with Crippen molar-refractivity contribution in [1.82, 2.24) is 9.71 Å². The molecule has 2 aromatic rings. The first-order valence-electron chi connectivity index (χ1n) is 6.95. The van der Waals surface area contributed by atoms with Gasteiger partial charge in [0.1, 0.15) is 0 Å². The molecule has 0 amide bonds. The molecule has 1 N–H and O–H groups in total. The third kappa shape index (κ3) is 4.33. The van der Waals surface area contributed by atoms with E-state index in [1.54, 1.807) is 11.3 Å². The highest BCUT2D eigenvalue weighted by Gasteiger charge is 2.11. The lowest BCUT2D eigenvalue weighted by Crippen LogP contribution is -2.16. The number of nitrogens with one attached hydrogen (secondary N) is 1. The van der Waals surface area contributed by atoms with Crippen LogP contribution in [0.5, 0.6) is 0 Å². The zero-order valence-corrected chi connectivity index (χ0v) is 13.8. The highest BCUT2D eigenvalue weighted by Crippen LogP contribution is 2.29. The van der Waals surface area contributed by atoms with E-state index in [1.165, 1.54) is 10.4 Å². The molecule has 5 heteroatoms. The molecule has 0 aliphatic carbocycles. The van der Waals surface area contributed by atoms with Gasteiger partial charge in [0.2, 0.25) is 0 Å². The fourth-order valence-corrected chi connectivity index (χ4v) is 3.50. The Kier molecular flexibility index (Phi) is 6.29. The van der Waals surface area contributed by atoms with E-state index in [0.29, 0.717) is 0 Å². The number of hydrogen-bond donors (Lipinski definition) is 2. The summed E-state index contributed by atoms with van der Waals surface area (Å²) in [7, 11) is 0. The van der Waals surface area contributed by atoms with Crippen LogP contribution in [0.2, 0.25) is 0 Å². The second-order valence-electron chi connectivity index (χ2n) is 4.88. The molecule has 0 fully saturated rings. The zero-order valence-electron chi connectivity index (χ0n) is 12.1. The van der Waals surface area contributed by atoms with Crippen LogP contribution in [0.1, 0.15) is 36.6 Å². The third-order valence-electron chi connectivity index (χ3n) is 3.43. The summed E-state index contributed by atoms with van der Waals surface area (Å²) in [6.45, 7) is 5.76. The molecular formula is C16H20N2OS2. The molecule has 0 aliphatic heterocycles. The van der Waals surface area contributed by atoms with Crippen molar-refractivity contribution in [2.24, 2.45) is 0 Å². The first kappa shape index (κ1) is 16.1. The maximum atomic E-state index is 10.9. The van der Waals surface area contributed by atoms with E-state index in [-0.39, 0.29) is 17.9 Å². The van der Waals surface area contributed by atoms with Crippen LogP contribution in [0.3, 0.4) is 0 Å². The summed E-state index contributed by atoms with van der Waals surface area (Å²) in [6, 6.07) is 8.54. The van der Waals surface area contributed by atoms with Crippen LogP contribution in [-0.2, 0) is 11.9 Å². The fourth-order valence-electron chi connectivity index (χ4n) is 2.28. The molecule has 21 heavy (non-hydrogen) atoms. The molecular weight excluding hydrogens is 300 g/mol. The van der Waals surface area contributed by atoms with Gasteiger partial charge in [-0.15, -0.1) is 17.9 Å². The predicted octanol–water partition coefficient (Wildman–Crippen LogP) is 3.97. The van der Waals surface area contributed by atoms with Gasteiger partial charge in [0.05, 0.1) is 27.9 Å². The number of aryl methyl sites for hydroxylation is 1. The molecule has 0 saturated heterocycles. The maximum Gasteiger partial charge on any atom is 0.0801 e. The number of allylic oxidation sites excluding steroid dienone is 1. The van der Waals surface area contributed by atoms with Gasteiger partial charge in [0.25, 0.3) is 0 Å². The lowest BCUT2D eigenvalue weighted by atomic mass is 10.00. The second kappa shape index (κ2) is 8.22. The number of rotatable bonds is 8. The standard InChI is InChI=1S/C16H20N2OS2/c1-3-4-5-6-15(18-21-19)13-7-9-14(10-8-13)16-12(2)17-11-20-16/h3,7-11,15,21H,1,4-6H2,2H3,(H,18,19)/t15-/m0/s1. The minimum absolute atomic E-state index is 0.0259. The highest BCUT2D eigenvalue weighted by molar-refractivity contribution is 7.63. The molecule has 112 valence electrons. The van der Waals surface area contributed by atoms with Crippen LogP contribution in [0.25, 0.3) is 10.4 Å². The molecule has 1 aromatic heterocycles. The molecule has 1 heterocycles. The Morgan fingerprint density at radius 3 is 2.76 bits per heavy atom. The van der Waals surface area contributed by atoms with Gasteiger partial charge in [-0.3, -0.25) is 0 Å². The van der Waals surface area contributed by atoms with Gasteiger partial charge in [0, 0.05) is 6.04 Å². The Bertz CT molecular complexity index is 593. The van der Waals surface area contributed by atoms with Crippen molar-refractivity contribution < 1.29 is 4.21 Å². The molecule has 1 atom stereocenters. The number of nitrogens with zero attached hydrogens (tertiary/aromatic N) is 1. The summed E-state index contributed by atoms with van der Waals surface area (Å²) in [6.07, 6.45) is 4.88. The Labute approximate surface area is 133 Å². The first-order chi connectivity index (χ1) is 10.3. The Balaban J connectivity index is 2.13. The lowest BCUT2D eigenvalue weighted by Gasteiger charge is -2.15. The molecule has 3 nitrogen and oxygen atoms in total. The van der Waals surface area contributed by atoms with Crippen LogP contribution in [0.4, 0.5) is 0 Å². The molecule has 0 bridgehead atoms. The van der Waals surface area contributed by atoms with Crippen LogP contribution in [0.15, 0.2) is 42.4 Å². The smallest absolute Gasteiger partial charge is 0.0801 e. The zero-order chi connectivity index (χ0) is 15.1. The molecule has 0 unspecified atom stereocenters. The van der Waals surface area contributed by atoms with E-state index in [0.717, 1.165) is 30.5 Å². The van der Waals surface area contributed by atoms with Crippen molar-refractivity contribution in [2.45, 2.75) is 32.2 Å². The van der Waals surface area contributed by atoms with Crippen LogP contribution >= 0.6 is 11.3 Å². The van der Waals surface area contributed by atoms with Crippen molar-refractivity contribution in [3.63, 3.8) is 0 Å². The van der Waals surface area contributed by atoms with Crippen LogP contribution in [0, 0.1) is 6.92 Å². The summed E-state index contributed by atoms with van der Waals surface area (Å²) in [5.41, 5.74) is 5.28. The number of benzene rings is 1. The van der Waals surface area contributed by atoms with E-state index >= 15 is 0 Å². The van der Waals surface area contributed by atoms with Crippen molar-refractivity contribution in [3.8, 4) is 10.4 Å². The molecule has 0 spiro atoms. The minimum Gasteiger partial charge on any atom is -0.249 e. The van der Waals surface area contributed by atoms with Gasteiger partial charge in [-0.25, -0.2) is 13.9 Å².